The molecule has 0 aliphatic carbocycles. The van der Waals surface area contributed by atoms with E-state index in [9.17, 15) is 0 Å². The zero-order valence-electron chi connectivity index (χ0n) is 10.7. The van der Waals surface area contributed by atoms with E-state index >= 15 is 0 Å². The van der Waals surface area contributed by atoms with Gasteiger partial charge in [0.05, 0.1) is 12.8 Å². The second-order valence-electron chi connectivity index (χ2n) is 3.93. The summed E-state index contributed by atoms with van der Waals surface area (Å²) in [4.78, 5) is 1.30. The van der Waals surface area contributed by atoms with E-state index in [1.165, 1.54) is 4.90 Å². The molecule has 2 rings (SSSR count). The highest BCUT2D eigenvalue weighted by Crippen LogP contribution is 2.28. The van der Waals surface area contributed by atoms with Gasteiger partial charge in [-0.1, -0.05) is 34.1 Å². The summed E-state index contributed by atoms with van der Waals surface area (Å²) in [5.41, 5.74) is 1.02. The number of ether oxygens (including phenoxy) is 1. The lowest BCUT2D eigenvalue weighted by molar-refractivity contribution is 0.416. The van der Waals surface area contributed by atoms with Gasteiger partial charge < -0.3 is 10.1 Å². The van der Waals surface area contributed by atoms with Crippen molar-refractivity contribution in [3.05, 3.63) is 53.0 Å². The molecule has 0 radical (unpaired) electrons. The largest absolute Gasteiger partial charge is 0.495 e. The van der Waals surface area contributed by atoms with Crippen LogP contribution in [0.25, 0.3) is 0 Å². The van der Waals surface area contributed by atoms with Gasteiger partial charge in [-0.3, -0.25) is 0 Å². The molecule has 100 valence electrons. The minimum atomic E-state index is 0.868. The van der Waals surface area contributed by atoms with Gasteiger partial charge in [-0.15, -0.1) is 11.8 Å². The van der Waals surface area contributed by atoms with Crippen LogP contribution in [0.5, 0.6) is 5.75 Å². The highest BCUT2D eigenvalue weighted by Gasteiger charge is 2.02. The van der Waals surface area contributed by atoms with Crippen molar-refractivity contribution in [2.75, 3.05) is 24.7 Å². The molecule has 0 fully saturated rings. The van der Waals surface area contributed by atoms with Gasteiger partial charge in [-0.2, -0.15) is 0 Å². The molecule has 2 aromatic carbocycles. The lowest BCUT2D eigenvalue weighted by Gasteiger charge is -2.11. The maximum atomic E-state index is 5.33. The first-order chi connectivity index (χ1) is 9.29. The third-order valence-electron chi connectivity index (χ3n) is 2.59. The van der Waals surface area contributed by atoms with Gasteiger partial charge in [-0.05, 0) is 30.3 Å². The van der Waals surface area contributed by atoms with Crippen LogP contribution in [0.3, 0.4) is 0 Å². The number of methoxy groups -OCH3 is 1. The topological polar surface area (TPSA) is 21.3 Å². The molecule has 2 nitrogen and oxygen atoms in total. The SMILES string of the molecule is COc1ccc(Br)cc1NCCSc1ccccc1. The Balaban J connectivity index is 1.84. The van der Waals surface area contributed by atoms with Gasteiger partial charge in [-0.25, -0.2) is 0 Å². The van der Waals surface area contributed by atoms with Crippen LogP contribution in [0.15, 0.2) is 57.9 Å². The van der Waals surface area contributed by atoms with E-state index in [2.05, 4.69) is 45.5 Å². The standard InChI is InChI=1S/C15H16BrNOS/c1-18-15-8-7-12(16)11-14(15)17-9-10-19-13-5-3-2-4-6-13/h2-8,11,17H,9-10H2,1H3. The number of rotatable bonds is 6. The number of thioether (sulfide) groups is 1. The van der Waals surface area contributed by atoms with Crippen LogP contribution in [0, 0.1) is 0 Å². The van der Waals surface area contributed by atoms with E-state index in [4.69, 9.17) is 4.74 Å². The molecule has 0 aliphatic rings. The first-order valence-electron chi connectivity index (χ1n) is 6.05. The lowest BCUT2D eigenvalue weighted by Crippen LogP contribution is -2.05. The quantitative estimate of drug-likeness (QED) is 0.611. The highest BCUT2D eigenvalue weighted by atomic mass is 79.9. The summed E-state index contributed by atoms with van der Waals surface area (Å²) in [6.45, 7) is 0.895. The predicted octanol–water partition coefficient (Wildman–Crippen LogP) is 4.66. The van der Waals surface area contributed by atoms with Crippen LogP contribution in [0.4, 0.5) is 5.69 Å². The summed E-state index contributed by atoms with van der Waals surface area (Å²) in [7, 11) is 1.69. The Labute approximate surface area is 126 Å². The molecule has 0 saturated heterocycles. The Morgan fingerprint density at radius 2 is 1.95 bits per heavy atom. The van der Waals surface area contributed by atoms with E-state index in [0.29, 0.717) is 0 Å². The molecule has 0 heterocycles. The average Bonchev–Trinajstić information content (AvgIpc) is 2.45. The summed E-state index contributed by atoms with van der Waals surface area (Å²) in [5.74, 6) is 1.88. The van der Waals surface area contributed by atoms with Crippen molar-refractivity contribution in [1.82, 2.24) is 0 Å². The summed E-state index contributed by atoms with van der Waals surface area (Å²) in [5, 5.41) is 3.40. The maximum absolute atomic E-state index is 5.33. The second kappa shape index (κ2) is 7.46. The third-order valence-corrected chi connectivity index (χ3v) is 4.10. The molecule has 0 atom stereocenters. The van der Waals surface area contributed by atoms with Crippen molar-refractivity contribution in [2.24, 2.45) is 0 Å². The van der Waals surface area contributed by atoms with Crippen molar-refractivity contribution < 1.29 is 4.74 Å². The number of hydrogen-bond acceptors (Lipinski definition) is 3. The molecule has 1 N–H and O–H groups in total. The van der Waals surface area contributed by atoms with Gasteiger partial charge in [0.2, 0.25) is 0 Å². The predicted molar refractivity (Wildman–Crippen MR) is 86.3 cm³/mol. The number of nitrogens with one attached hydrogen (secondary N) is 1. The average molecular weight is 338 g/mol. The summed E-state index contributed by atoms with van der Waals surface area (Å²) >= 11 is 5.31. The van der Waals surface area contributed by atoms with Crippen LogP contribution >= 0.6 is 27.7 Å². The van der Waals surface area contributed by atoms with Gasteiger partial charge in [0.15, 0.2) is 0 Å². The molecule has 19 heavy (non-hydrogen) atoms. The molecule has 0 spiro atoms. The molecule has 4 heteroatoms. The number of halogens is 1. The Kier molecular flexibility index (Phi) is 5.61. The van der Waals surface area contributed by atoms with E-state index in [0.717, 1.165) is 28.2 Å². The van der Waals surface area contributed by atoms with Gasteiger partial charge in [0.25, 0.3) is 0 Å². The van der Waals surface area contributed by atoms with E-state index in [1.807, 2.05) is 36.0 Å². The van der Waals surface area contributed by atoms with Crippen molar-refractivity contribution in [2.45, 2.75) is 4.90 Å². The molecule has 0 aliphatic heterocycles. The maximum Gasteiger partial charge on any atom is 0.142 e. The van der Waals surface area contributed by atoms with Crippen molar-refractivity contribution >= 4 is 33.4 Å². The van der Waals surface area contributed by atoms with Crippen LogP contribution in [0.1, 0.15) is 0 Å². The van der Waals surface area contributed by atoms with Crippen molar-refractivity contribution in [3.8, 4) is 5.75 Å². The minimum Gasteiger partial charge on any atom is -0.495 e. The smallest absolute Gasteiger partial charge is 0.142 e. The fourth-order valence-corrected chi connectivity index (χ4v) is 2.84. The fourth-order valence-electron chi connectivity index (χ4n) is 1.69. The first kappa shape index (κ1) is 14.3. The summed E-state index contributed by atoms with van der Waals surface area (Å²) in [6.07, 6.45) is 0. The normalized spacial score (nSPS) is 10.2. The number of benzene rings is 2. The molecule has 2 aromatic rings. The van der Waals surface area contributed by atoms with E-state index < -0.39 is 0 Å². The summed E-state index contributed by atoms with van der Waals surface area (Å²) < 4.78 is 6.37. The first-order valence-corrected chi connectivity index (χ1v) is 7.83. The highest BCUT2D eigenvalue weighted by molar-refractivity contribution is 9.10. The second-order valence-corrected chi connectivity index (χ2v) is 6.02. The number of anilines is 1. The van der Waals surface area contributed by atoms with Gasteiger partial charge in [0, 0.05) is 21.7 Å². The zero-order valence-corrected chi connectivity index (χ0v) is 13.1. The fraction of sp³-hybridized carbons (Fsp3) is 0.200. The molecular formula is C15H16BrNOS. The molecule has 0 saturated carbocycles. The van der Waals surface area contributed by atoms with Gasteiger partial charge in [0.1, 0.15) is 5.75 Å². The Bertz CT molecular complexity index is 519. The van der Waals surface area contributed by atoms with E-state index in [1.54, 1.807) is 7.11 Å². The van der Waals surface area contributed by atoms with Crippen LogP contribution in [-0.4, -0.2) is 19.4 Å². The van der Waals surface area contributed by atoms with E-state index in [-0.39, 0.29) is 0 Å². The minimum absolute atomic E-state index is 0.868. The monoisotopic (exact) mass is 337 g/mol. The van der Waals surface area contributed by atoms with Crippen LogP contribution < -0.4 is 10.1 Å². The van der Waals surface area contributed by atoms with Crippen molar-refractivity contribution in [1.29, 1.82) is 0 Å². The van der Waals surface area contributed by atoms with Crippen molar-refractivity contribution in [3.63, 3.8) is 0 Å². The third kappa shape index (κ3) is 4.48. The summed E-state index contributed by atoms with van der Waals surface area (Å²) in [6, 6.07) is 16.4. The zero-order chi connectivity index (χ0) is 13.5. The lowest BCUT2D eigenvalue weighted by atomic mass is 10.3. The molecule has 0 bridgehead atoms. The van der Waals surface area contributed by atoms with Crippen LogP contribution in [-0.2, 0) is 0 Å². The van der Waals surface area contributed by atoms with Crippen LogP contribution in [0.2, 0.25) is 0 Å². The molecule has 0 aromatic heterocycles. The molecule has 0 amide bonds. The van der Waals surface area contributed by atoms with Gasteiger partial charge >= 0.3 is 0 Å². The number of hydrogen-bond donors (Lipinski definition) is 1. The Morgan fingerprint density at radius 3 is 2.68 bits per heavy atom. The molecular weight excluding hydrogens is 322 g/mol. The Morgan fingerprint density at radius 1 is 1.16 bits per heavy atom. The Hall–Kier alpha value is -1.13. The molecule has 0 unspecified atom stereocenters.